The smallest absolute Gasteiger partial charge is 0.345 e. The number of aryl methyl sites for hydroxylation is 1. The lowest BCUT2D eigenvalue weighted by Gasteiger charge is -2.17. The van der Waals surface area contributed by atoms with Crippen molar-refractivity contribution in [3.8, 4) is 16.9 Å². The van der Waals surface area contributed by atoms with E-state index in [0.717, 1.165) is 41.8 Å². The van der Waals surface area contributed by atoms with Crippen LogP contribution in [0.3, 0.4) is 0 Å². The number of hydrogen-bond acceptors (Lipinski definition) is 4. The zero-order chi connectivity index (χ0) is 19.5. The van der Waals surface area contributed by atoms with Gasteiger partial charge < -0.3 is 4.74 Å². The Morgan fingerprint density at radius 2 is 1.89 bits per heavy atom. The highest BCUT2D eigenvalue weighted by atomic mass is 16.5. The summed E-state index contributed by atoms with van der Waals surface area (Å²) < 4.78 is 7.54. The van der Waals surface area contributed by atoms with Crippen molar-refractivity contribution in [2.45, 2.75) is 39.5 Å². The highest BCUT2D eigenvalue weighted by Gasteiger charge is 2.24. The monoisotopic (exact) mass is 373 g/mol. The molecule has 0 unspecified atom stereocenters. The Balaban J connectivity index is 1.89. The molecule has 1 aliphatic heterocycles. The average molecular weight is 373 g/mol. The summed E-state index contributed by atoms with van der Waals surface area (Å²) in [5.74, 6) is 0.315. The maximum absolute atomic E-state index is 12.8. The van der Waals surface area contributed by atoms with Crippen LogP contribution in [0.5, 0.6) is 0 Å². The second-order valence-electron chi connectivity index (χ2n) is 7.08. The van der Waals surface area contributed by atoms with Gasteiger partial charge in [0.15, 0.2) is 0 Å². The van der Waals surface area contributed by atoms with Crippen molar-refractivity contribution >= 4 is 12.0 Å². The fourth-order valence-electron chi connectivity index (χ4n) is 3.42. The van der Waals surface area contributed by atoms with Crippen LogP contribution in [0.1, 0.15) is 54.2 Å². The number of rotatable bonds is 5. The third-order valence-corrected chi connectivity index (χ3v) is 4.90. The molecule has 0 saturated carbocycles. The number of fused-ring (bicyclic) bond motifs is 3. The second kappa shape index (κ2) is 7.80. The van der Waals surface area contributed by atoms with E-state index in [1.54, 1.807) is 4.68 Å². The predicted octanol–water partition coefficient (Wildman–Crippen LogP) is 5.33. The van der Waals surface area contributed by atoms with Crippen LogP contribution in [-0.2, 0) is 4.74 Å². The van der Waals surface area contributed by atoms with E-state index in [1.807, 2.05) is 61.5 Å². The summed E-state index contributed by atoms with van der Waals surface area (Å²) in [7, 11) is 0. The molecule has 0 atom stereocenters. The number of ether oxygens (including phenoxy) is 1. The number of nitrogens with zero attached hydrogens (tertiary/aromatic N) is 3. The van der Waals surface area contributed by atoms with Gasteiger partial charge in [-0.3, -0.25) is 0 Å². The largest absolute Gasteiger partial charge is 0.427 e. The molecule has 5 heteroatoms. The summed E-state index contributed by atoms with van der Waals surface area (Å²) in [5.41, 5.74) is 4.77. The molecule has 0 amide bonds. The van der Waals surface area contributed by atoms with Crippen LogP contribution in [0.2, 0.25) is 0 Å². The van der Waals surface area contributed by atoms with Crippen molar-refractivity contribution < 1.29 is 9.53 Å². The number of allylic oxidation sites excluding steroid dienone is 1. The maximum Gasteiger partial charge on any atom is 0.345 e. The molecule has 0 saturated heterocycles. The number of unbranched alkanes of at least 4 members (excludes halogenated alkanes) is 2. The van der Waals surface area contributed by atoms with Crippen molar-refractivity contribution in [2.75, 3.05) is 0 Å². The lowest BCUT2D eigenvalue weighted by atomic mass is 10.1. The molecule has 0 bridgehead atoms. The number of benzene rings is 2. The molecule has 2 aromatic carbocycles. The topological polar surface area (TPSA) is 57.0 Å². The second-order valence-corrected chi connectivity index (χ2v) is 7.08. The van der Waals surface area contributed by atoms with Gasteiger partial charge in [0.25, 0.3) is 0 Å². The Morgan fingerprint density at radius 3 is 2.68 bits per heavy atom. The first kappa shape index (κ1) is 18.2. The van der Waals surface area contributed by atoms with Gasteiger partial charge in [0, 0.05) is 18.1 Å². The number of esters is 1. The van der Waals surface area contributed by atoms with Crippen molar-refractivity contribution in [3.63, 3.8) is 0 Å². The Hall–Kier alpha value is -3.21. The quantitative estimate of drug-likeness (QED) is 0.448. The van der Waals surface area contributed by atoms with Crippen molar-refractivity contribution in [3.05, 3.63) is 71.1 Å². The molecule has 1 aliphatic rings. The SMILES string of the molecule is CCCCC/C1=C/c2c(-c3ccccc3)nnn2-c2ccc(C)cc2C(=O)O1. The van der Waals surface area contributed by atoms with E-state index < -0.39 is 0 Å². The number of cyclic esters (lactones) is 1. The molecule has 1 aromatic heterocycles. The Morgan fingerprint density at radius 1 is 1.07 bits per heavy atom. The zero-order valence-corrected chi connectivity index (χ0v) is 16.2. The summed E-state index contributed by atoms with van der Waals surface area (Å²) in [4.78, 5) is 12.8. The van der Waals surface area contributed by atoms with Crippen LogP contribution in [0.25, 0.3) is 23.0 Å². The molecule has 0 radical (unpaired) electrons. The first-order valence-electron chi connectivity index (χ1n) is 9.72. The summed E-state index contributed by atoms with van der Waals surface area (Å²) >= 11 is 0. The van der Waals surface area contributed by atoms with Crippen LogP contribution in [0.4, 0.5) is 0 Å². The van der Waals surface area contributed by atoms with E-state index in [1.165, 1.54) is 0 Å². The fourth-order valence-corrected chi connectivity index (χ4v) is 3.42. The average Bonchev–Trinajstić information content (AvgIpc) is 3.10. The molecule has 142 valence electrons. The maximum atomic E-state index is 12.8. The van der Waals surface area contributed by atoms with Gasteiger partial charge in [0.1, 0.15) is 11.5 Å². The third kappa shape index (κ3) is 3.48. The van der Waals surface area contributed by atoms with Gasteiger partial charge in [0.05, 0.1) is 16.9 Å². The van der Waals surface area contributed by atoms with E-state index in [-0.39, 0.29) is 5.97 Å². The lowest BCUT2D eigenvalue weighted by molar-refractivity contribution is 0.0615. The predicted molar refractivity (Wildman–Crippen MR) is 109 cm³/mol. The highest BCUT2D eigenvalue weighted by molar-refractivity contribution is 5.95. The molecular weight excluding hydrogens is 350 g/mol. The summed E-state index contributed by atoms with van der Waals surface area (Å²) in [6.45, 7) is 4.12. The minimum atomic E-state index is -0.344. The first-order chi connectivity index (χ1) is 13.7. The Bertz CT molecular complexity index is 1040. The highest BCUT2D eigenvalue weighted by Crippen LogP contribution is 2.31. The Labute approximate surface area is 164 Å². The van der Waals surface area contributed by atoms with Gasteiger partial charge in [0.2, 0.25) is 0 Å². The molecule has 2 heterocycles. The molecule has 0 fully saturated rings. The van der Waals surface area contributed by atoms with Crippen molar-refractivity contribution in [1.82, 2.24) is 15.0 Å². The zero-order valence-electron chi connectivity index (χ0n) is 16.2. The van der Waals surface area contributed by atoms with Gasteiger partial charge in [-0.05, 0) is 25.5 Å². The molecule has 0 spiro atoms. The van der Waals surface area contributed by atoms with E-state index in [9.17, 15) is 4.79 Å². The number of carbonyl (C=O) groups excluding carboxylic acids is 1. The Kier molecular flexibility index (Phi) is 5.06. The minimum absolute atomic E-state index is 0.344. The molecular formula is C23H23N3O2. The number of aromatic nitrogens is 3. The van der Waals surface area contributed by atoms with E-state index in [4.69, 9.17) is 4.74 Å². The van der Waals surface area contributed by atoms with Crippen LogP contribution in [-0.4, -0.2) is 21.0 Å². The summed E-state index contributed by atoms with van der Waals surface area (Å²) in [5, 5.41) is 8.82. The van der Waals surface area contributed by atoms with Gasteiger partial charge >= 0.3 is 5.97 Å². The van der Waals surface area contributed by atoms with Gasteiger partial charge in [-0.2, -0.15) is 0 Å². The van der Waals surface area contributed by atoms with Gasteiger partial charge in [-0.15, -0.1) is 5.10 Å². The minimum Gasteiger partial charge on any atom is -0.427 e. The molecule has 0 N–H and O–H groups in total. The third-order valence-electron chi connectivity index (χ3n) is 4.90. The van der Waals surface area contributed by atoms with Crippen LogP contribution in [0, 0.1) is 6.92 Å². The summed E-state index contributed by atoms with van der Waals surface area (Å²) in [6, 6.07) is 15.7. The molecule has 0 aliphatic carbocycles. The van der Waals surface area contributed by atoms with Crippen LogP contribution in [0.15, 0.2) is 54.3 Å². The van der Waals surface area contributed by atoms with E-state index in [0.29, 0.717) is 23.4 Å². The molecule has 3 aromatic rings. The van der Waals surface area contributed by atoms with Crippen LogP contribution >= 0.6 is 0 Å². The standard InChI is InChI=1S/C23H23N3O2/c1-3-4-6-11-18-15-21-22(17-9-7-5-8-10-17)24-25-26(21)20-13-12-16(2)14-19(20)23(27)28-18/h5,7-10,12-15H,3-4,6,11H2,1-2H3/b18-15-. The van der Waals surface area contributed by atoms with Gasteiger partial charge in [-0.25, -0.2) is 9.48 Å². The molecule has 5 nitrogen and oxygen atoms in total. The normalized spacial score (nSPS) is 14.9. The number of carbonyl (C=O) groups is 1. The van der Waals surface area contributed by atoms with Crippen LogP contribution < -0.4 is 0 Å². The summed E-state index contributed by atoms with van der Waals surface area (Å²) in [6.07, 6.45) is 5.79. The lowest BCUT2D eigenvalue weighted by Crippen LogP contribution is -2.14. The first-order valence-corrected chi connectivity index (χ1v) is 9.72. The number of hydrogen-bond donors (Lipinski definition) is 0. The molecule has 4 rings (SSSR count). The van der Waals surface area contributed by atoms with Gasteiger partial charge in [-0.1, -0.05) is 66.9 Å². The van der Waals surface area contributed by atoms with E-state index >= 15 is 0 Å². The fraction of sp³-hybridized carbons (Fsp3) is 0.261. The molecule has 28 heavy (non-hydrogen) atoms. The van der Waals surface area contributed by atoms with Crippen molar-refractivity contribution in [2.24, 2.45) is 0 Å². The van der Waals surface area contributed by atoms with E-state index in [2.05, 4.69) is 17.2 Å². The van der Waals surface area contributed by atoms with Crippen molar-refractivity contribution in [1.29, 1.82) is 0 Å².